The molecule has 1 aliphatic carbocycles. The van der Waals surface area contributed by atoms with Gasteiger partial charge >= 0.3 is 5.97 Å². The Morgan fingerprint density at radius 1 is 1.19 bits per heavy atom. The monoisotopic (exact) mass is 599 g/mol. The van der Waals surface area contributed by atoms with E-state index in [0.29, 0.717) is 30.0 Å². The first-order valence-electron chi connectivity index (χ1n) is 14.3. The molecular weight excluding hydrogens is 561 g/mol. The SMILES string of the molecule is Cc1cc(C)n2nc(CC3=C(O)CC(CCc4ccc(C(C)(C)NS(C)(=O)=O)c(F)c4)(C4CCCC4)OC3=O)nc2n1. The van der Waals surface area contributed by atoms with Gasteiger partial charge in [0.25, 0.3) is 5.78 Å². The molecular formula is C30H38FN5O5S. The summed E-state index contributed by atoms with van der Waals surface area (Å²) >= 11 is 0. The van der Waals surface area contributed by atoms with E-state index in [1.54, 1.807) is 30.5 Å². The number of ether oxygens (including phenoxy) is 1. The van der Waals surface area contributed by atoms with Gasteiger partial charge in [0.2, 0.25) is 10.0 Å². The summed E-state index contributed by atoms with van der Waals surface area (Å²) in [6.45, 7) is 6.98. The molecule has 226 valence electrons. The fourth-order valence-electron chi connectivity index (χ4n) is 6.52. The molecule has 2 aromatic heterocycles. The summed E-state index contributed by atoms with van der Waals surface area (Å²) in [5, 5.41) is 15.7. The minimum atomic E-state index is -3.55. The molecule has 0 bridgehead atoms. The lowest BCUT2D eigenvalue weighted by atomic mass is 9.76. The van der Waals surface area contributed by atoms with Gasteiger partial charge in [0.05, 0.1) is 17.4 Å². The molecule has 1 unspecified atom stereocenters. The summed E-state index contributed by atoms with van der Waals surface area (Å²) in [4.78, 5) is 22.3. The van der Waals surface area contributed by atoms with Crippen molar-refractivity contribution in [3.8, 4) is 0 Å². The molecule has 5 rings (SSSR count). The highest BCUT2D eigenvalue weighted by Gasteiger charge is 2.48. The summed E-state index contributed by atoms with van der Waals surface area (Å²) in [7, 11) is -3.55. The molecule has 0 spiro atoms. The maximum Gasteiger partial charge on any atom is 0.338 e. The van der Waals surface area contributed by atoms with Crippen LogP contribution in [0, 0.1) is 25.6 Å². The number of fused-ring (bicyclic) bond motifs is 1. The predicted octanol–water partition coefficient (Wildman–Crippen LogP) is 4.53. The van der Waals surface area contributed by atoms with Crippen molar-refractivity contribution in [1.82, 2.24) is 24.3 Å². The Morgan fingerprint density at radius 2 is 1.90 bits per heavy atom. The van der Waals surface area contributed by atoms with Crippen molar-refractivity contribution in [2.45, 2.75) is 90.2 Å². The van der Waals surface area contributed by atoms with Crippen LogP contribution < -0.4 is 4.72 Å². The van der Waals surface area contributed by atoms with E-state index >= 15 is 4.39 Å². The Bertz CT molecular complexity index is 1680. The van der Waals surface area contributed by atoms with Crippen LogP contribution in [0.3, 0.4) is 0 Å². The Morgan fingerprint density at radius 3 is 2.55 bits per heavy atom. The Labute approximate surface area is 245 Å². The minimum absolute atomic E-state index is 0.0204. The van der Waals surface area contributed by atoms with Crippen LogP contribution >= 0.6 is 0 Å². The number of nitrogens with zero attached hydrogens (tertiary/aromatic N) is 4. The van der Waals surface area contributed by atoms with Crippen LogP contribution in [-0.2, 0) is 37.9 Å². The maximum absolute atomic E-state index is 15.2. The van der Waals surface area contributed by atoms with Crippen molar-refractivity contribution in [2.24, 2.45) is 5.92 Å². The van der Waals surface area contributed by atoms with Gasteiger partial charge in [-0.3, -0.25) is 0 Å². The van der Waals surface area contributed by atoms with E-state index in [2.05, 4.69) is 19.8 Å². The van der Waals surface area contributed by atoms with Crippen LogP contribution in [-0.4, -0.2) is 50.9 Å². The van der Waals surface area contributed by atoms with Gasteiger partial charge in [-0.25, -0.2) is 31.8 Å². The number of halogens is 1. The molecule has 0 saturated heterocycles. The molecule has 1 fully saturated rings. The largest absolute Gasteiger partial charge is 0.512 e. The lowest BCUT2D eigenvalue weighted by Gasteiger charge is -2.41. The minimum Gasteiger partial charge on any atom is -0.512 e. The molecule has 42 heavy (non-hydrogen) atoms. The van der Waals surface area contributed by atoms with E-state index in [4.69, 9.17) is 4.74 Å². The lowest BCUT2D eigenvalue weighted by molar-refractivity contribution is -0.167. The van der Waals surface area contributed by atoms with Crippen LogP contribution in [0.4, 0.5) is 4.39 Å². The molecule has 3 heterocycles. The molecule has 0 radical (unpaired) electrons. The molecule has 1 aliphatic heterocycles. The van der Waals surface area contributed by atoms with E-state index in [1.807, 2.05) is 19.9 Å². The van der Waals surface area contributed by atoms with Crippen molar-refractivity contribution < 1.29 is 27.4 Å². The normalized spacial score (nSPS) is 20.5. The number of hydrogen-bond donors (Lipinski definition) is 2. The number of sulfonamides is 1. The molecule has 1 saturated carbocycles. The van der Waals surface area contributed by atoms with Crippen LogP contribution in [0.25, 0.3) is 5.78 Å². The Kier molecular flexibility index (Phi) is 7.90. The van der Waals surface area contributed by atoms with Gasteiger partial charge in [-0.05, 0) is 77.0 Å². The summed E-state index contributed by atoms with van der Waals surface area (Å²) in [5.41, 5.74) is 0.707. The smallest absolute Gasteiger partial charge is 0.338 e. The van der Waals surface area contributed by atoms with E-state index < -0.39 is 32.9 Å². The number of nitrogens with one attached hydrogen (secondary N) is 1. The second kappa shape index (κ2) is 11.0. The van der Waals surface area contributed by atoms with Crippen LogP contribution in [0.5, 0.6) is 0 Å². The maximum atomic E-state index is 15.2. The summed E-state index contributed by atoms with van der Waals surface area (Å²) < 4.78 is 49.0. The highest BCUT2D eigenvalue weighted by atomic mass is 32.2. The number of cyclic esters (lactones) is 1. The third-order valence-electron chi connectivity index (χ3n) is 8.44. The number of aryl methyl sites for hydroxylation is 3. The van der Waals surface area contributed by atoms with Crippen molar-refractivity contribution in [2.75, 3.05) is 6.26 Å². The highest BCUT2D eigenvalue weighted by Crippen LogP contribution is 2.46. The number of carbonyl (C=O) groups excluding carboxylic acids is 1. The van der Waals surface area contributed by atoms with Crippen molar-refractivity contribution in [3.05, 3.63) is 69.8 Å². The van der Waals surface area contributed by atoms with E-state index in [-0.39, 0.29) is 35.7 Å². The lowest BCUT2D eigenvalue weighted by Crippen LogP contribution is -2.46. The topological polar surface area (TPSA) is 136 Å². The summed E-state index contributed by atoms with van der Waals surface area (Å²) in [5.74, 6) is -0.245. The average molecular weight is 600 g/mol. The highest BCUT2D eigenvalue weighted by molar-refractivity contribution is 7.88. The second-order valence-corrected chi connectivity index (χ2v) is 14.1. The van der Waals surface area contributed by atoms with E-state index in [1.165, 1.54) is 6.07 Å². The number of esters is 1. The van der Waals surface area contributed by atoms with Gasteiger partial charge in [-0.1, -0.05) is 25.0 Å². The van der Waals surface area contributed by atoms with Gasteiger partial charge in [-0.15, -0.1) is 5.10 Å². The Balaban J connectivity index is 1.37. The zero-order chi connectivity index (χ0) is 30.4. The number of rotatable bonds is 9. The van der Waals surface area contributed by atoms with Gasteiger partial charge < -0.3 is 9.84 Å². The number of benzene rings is 1. The number of aromatic nitrogens is 4. The third kappa shape index (κ3) is 6.19. The van der Waals surface area contributed by atoms with Crippen LogP contribution in [0.15, 0.2) is 35.6 Å². The predicted molar refractivity (Wildman–Crippen MR) is 155 cm³/mol. The molecule has 0 amide bonds. The van der Waals surface area contributed by atoms with Crippen molar-refractivity contribution in [3.63, 3.8) is 0 Å². The quantitative estimate of drug-likeness (QED) is 0.343. The van der Waals surface area contributed by atoms with Gasteiger partial charge in [0.1, 0.15) is 17.2 Å². The fraction of sp³-hybridized carbons (Fsp3) is 0.533. The number of carbonyl (C=O) groups is 1. The molecule has 3 aromatic rings. The first-order chi connectivity index (χ1) is 19.7. The average Bonchev–Trinajstić information content (AvgIpc) is 3.54. The van der Waals surface area contributed by atoms with Gasteiger partial charge in [-0.2, -0.15) is 4.98 Å². The molecule has 2 aliphatic rings. The zero-order valence-corrected chi connectivity index (χ0v) is 25.5. The standard InChI is InChI=1S/C30H38FN5O5S/c1-18-14-19(2)36-28(32-18)33-26(34-36)16-22-25(37)17-30(41-27(22)38,21-8-6-7-9-21)13-12-20-10-11-23(24(31)15-20)29(3,4)35-42(5,39)40/h10-11,14-15,21,35,37H,6-9,12-13,16-17H2,1-5H3. The second-order valence-electron chi connectivity index (χ2n) is 12.3. The number of aliphatic hydroxyl groups is 1. The Hall–Kier alpha value is -3.38. The van der Waals surface area contributed by atoms with Crippen LogP contribution in [0.1, 0.15) is 80.7 Å². The van der Waals surface area contributed by atoms with E-state index in [9.17, 15) is 18.3 Å². The number of aliphatic hydroxyl groups excluding tert-OH is 1. The first kappa shape index (κ1) is 30.1. The first-order valence-corrected chi connectivity index (χ1v) is 16.2. The van der Waals surface area contributed by atoms with Gasteiger partial charge in [0.15, 0.2) is 5.82 Å². The van der Waals surface area contributed by atoms with Gasteiger partial charge in [0, 0.05) is 29.8 Å². The fourth-order valence-corrected chi connectivity index (χ4v) is 7.56. The number of hydrogen-bond acceptors (Lipinski definition) is 8. The molecule has 1 atom stereocenters. The van der Waals surface area contributed by atoms with Crippen molar-refractivity contribution >= 4 is 21.8 Å². The summed E-state index contributed by atoms with van der Waals surface area (Å²) in [6.07, 6.45) is 5.87. The third-order valence-corrected chi connectivity index (χ3v) is 9.32. The van der Waals surface area contributed by atoms with Crippen molar-refractivity contribution in [1.29, 1.82) is 0 Å². The summed E-state index contributed by atoms with van der Waals surface area (Å²) in [6, 6.07) is 6.65. The molecule has 2 N–H and O–H groups in total. The molecule has 12 heteroatoms. The molecule has 1 aromatic carbocycles. The molecule has 10 nitrogen and oxygen atoms in total. The van der Waals surface area contributed by atoms with Crippen LogP contribution in [0.2, 0.25) is 0 Å². The van der Waals surface area contributed by atoms with E-state index in [0.717, 1.165) is 43.3 Å². The zero-order valence-electron chi connectivity index (χ0n) is 24.7.